The van der Waals surface area contributed by atoms with Crippen LogP contribution in [0.15, 0.2) is 42.6 Å². The molecule has 0 spiro atoms. The van der Waals surface area contributed by atoms with Crippen molar-refractivity contribution in [3.63, 3.8) is 0 Å². The van der Waals surface area contributed by atoms with Crippen LogP contribution >= 0.6 is 0 Å². The first kappa shape index (κ1) is 16.7. The molecule has 0 saturated carbocycles. The Balaban J connectivity index is 1.73. The molecule has 0 aliphatic carbocycles. The first-order valence-electron chi connectivity index (χ1n) is 8.47. The van der Waals surface area contributed by atoms with Gasteiger partial charge in [0.05, 0.1) is 11.3 Å². The molecule has 2 aromatic carbocycles. The van der Waals surface area contributed by atoms with Crippen LogP contribution in [-0.4, -0.2) is 34.9 Å². The van der Waals surface area contributed by atoms with Crippen molar-refractivity contribution in [3.8, 4) is 5.69 Å². The Morgan fingerprint density at radius 3 is 2.88 bits per heavy atom. The number of hydrogen-bond donors (Lipinski definition) is 2. The van der Waals surface area contributed by atoms with Crippen LogP contribution in [0.2, 0.25) is 0 Å². The Morgan fingerprint density at radius 2 is 2.15 bits per heavy atom. The van der Waals surface area contributed by atoms with Gasteiger partial charge in [0.25, 0.3) is 5.91 Å². The molecule has 2 heterocycles. The first-order chi connectivity index (χ1) is 12.5. The minimum absolute atomic E-state index is 0.312. The zero-order valence-electron chi connectivity index (χ0n) is 14.0. The molecule has 2 atom stereocenters. The van der Waals surface area contributed by atoms with Crippen molar-refractivity contribution in [2.24, 2.45) is 5.73 Å². The van der Waals surface area contributed by atoms with Crippen LogP contribution < -0.4 is 11.1 Å². The lowest BCUT2D eigenvalue weighted by atomic mass is 9.89. The van der Waals surface area contributed by atoms with Gasteiger partial charge in [-0.15, -0.1) is 0 Å². The zero-order valence-corrected chi connectivity index (χ0v) is 14.0. The third-order valence-corrected chi connectivity index (χ3v) is 4.85. The average molecular weight is 356 g/mol. The lowest BCUT2D eigenvalue weighted by Gasteiger charge is -2.27. The van der Waals surface area contributed by atoms with Gasteiger partial charge in [0.2, 0.25) is 0 Å². The third-order valence-electron chi connectivity index (χ3n) is 4.85. The molecule has 1 aliphatic rings. The normalized spacial score (nSPS) is 20.4. The number of nitrogens with two attached hydrogens (primary N) is 1. The van der Waals surface area contributed by atoms with Crippen LogP contribution in [0.5, 0.6) is 0 Å². The van der Waals surface area contributed by atoms with E-state index in [1.54, 1.807) is 36.5 Å². The van der Waals surface area contributed by atoms with Gasteiger partial charge in [0, 0.05) is 24.0 Å². The summed E-state index contributed by atoms with van der Waals surface area (Å²) >= 11 is 0. The van der Waals surface area contributed by atoms with Gasteiger partial charge >= 0.3 is 0 Å². The second-order valence-corrected chi connectivity index (χ2v) is 6.50. The highest BCUT2D eigenvalue weighted by Gasteiger charge is 2.28. The summed E-state index contributed by atoms with van der Waals surface area (Å²) in [4.78, 5) is 11.5. The summed E-state index contributed by atoms with van der Waals surface area (Å²) in [6, 6.07) is 9.77. The van der Waals surface area contributed by atoms with Gasteiger partial charge < -0.3 is 11.1 Å². The molecule has 1 aliphatic heterocycles. The maximum atomic E-state index is 14.6. The fraction of sp³-hybridized carbons (Fsp3) is 0.263. The number of piperidine rings is 1. The van der Waals surface area contributed by atoms with Crippen molar-refractivity contribution in [3.05, 3.63) is 59.5 Å². The number of primary amides is 1. The number of halogens is 2. The Bertz CT molecular complexity index is 985. The lowest BCUT2D eigenvalue weighted by Crippen LogP contribution is -2.36. The second kappa shape index (κ2) is 6.49. The van der Waals surface area contributed by atoms with Crippen LogP contribution in [0, 0.1) is 5.82 Å². The van der Waals surface area contributed by atoms with E-state index in [-0.39, 0.29) is 0 Å². The number of amides is 1. The molecule has 1 amide bonds. The number of nitrogens with one attached hydrogen (secondary N) is 1. The van der Waals surface area contributed by atoms with Gasteiger partial charge in [-0.1, -0.05) is 18.2 Å². The van der Waals surface area contributed by atoms with E-state index in [1.807, 2.05) is 0 Å². The number of rotatable bonds is 3. The molecule has 3 aromatic rings. The zero-order chi connectivity index (χ0) is 18.3. The number of nitrogens with zero attached hydrogens (tertiary/aromatic N) is 2. The van der Waals surface area contributed by atoms with Crippen molar-refractivity contribution < 1.29 is 13.6 Å². The Labute approximate surface area is 148 Å². The van der Waals surface area contributed by atoms with Gasteiger partial charge in [0.15, 0.2) is 0 Å². The van der Waals surface area contributed by atoms with Gasteiger partial charge in [0.1, 0.15) is 17.5 Å². The summed E-state index contributed by atoms with van der Waals surface area (Å²) in [5.41, 5.74) is 7.01. The van der Waals surface area contributed by atoms with Crippen molar-refractivity contribution in [2.45, 2.75) is 18.5 Å². The summed E-state index contributed by atoms with van der Waals surface area (Å²) in [6.07, 6.45) is 1.03. The Morgan fingerprint density at radius 1 is 1.31 bits per heavy atom. The SMILES string of the molecule is NC(=O)c1cccc2cn(-c3ccc(C4CNCC[C@H]4F)c(F)c3)nc12. The van der Waals surface area contributed by atoms with E-state index in [0.29, 0.717) is 41.8 Å². The number of alkyl halides is 1. The van der Waals surface area contributed by atoms with E-state index in [4.69, 9.17) is 5.73 Å². The van der Waals surface area contributed by atoms with E-state index < -0.39 is 23.8 Å². The third kappa shape index (κ3) is 2.84. The Hall–Kier alpha value is -2.80. The first-order valence-corrected chi connectivity index (χ1v) is 8.47. The lowest BCUT2D eigenvalue weighted by molar-refractivity contribution is 0.100. The summed E-state index contributed by atoms with van der Waals surface area (Å²) in [7, 11) is 0. The van der Waals surface area contributed by atoms with Crippen LogP contribution in [0.4, 0.5) is 8.78 Å². The van der Waals surface area contributed by atoms with Gasteiger partial charge in [-0.05, 0) is 36.7 Å². The highest BCUT2D eigenvalue weighted by Crippen LogP contribution is 2.29. The summed E-state index contributed by atoms with van der Waals surface area (Å²) < 4.78 is 30.3. The molecule has 1 saturated heterocycles. The molecule has 3 N–H and O–H groups in total. The standard InChI is InChI=1S/C19H18F2N4O/c20-16-6-7-23-9-15(16)13-5-4-12(8-17(13)21)25-10-11-2-1-3-14(19(22)26)18(11)24-25/h1-5,8,10,15-16,23H,6-7,9H2,(H2,22,26)/t15?,16-/m1/s1. The number of carbonyl (C=O) groups excluding carboxylic acids is 1. The largest absolute Gasteiger partial charge is 0.366 e. The average Bonchev–Trinajstić information content (AvgIpc) is 3.06. The highest BCUT2D eigenvalue weighted by molar-refractivity contribution is 6.04. The maximum absolute atomic E-state index is 14.6. The number of benzene rings is 2. The molecule has 0 bridgehead atoms. The molecule has 1 unspecified atom stereocenters. The van der Waals surface area contributed by atoms with Crippen molar-refractivity contribution in [2.75, 3.05) is 13.1 Å². The predicted molar refractivity (Wildman–Crippen MR) is 94.7 cm³/mol. The van der Waals surface area contributed by atoms with Crippen molar-refractivity contribution >= 4 is 16.8 Å². The smallest absolute Gasteiger partial charge is 0.250 e. The molecule has 4 rings (SSSR count). The fourth-order valence-electron chi connectivity index (χ4n) is 3.47. The van der Waals surface area contributed by atoms with E-state index in [1.165, 1.54) is 10.7 Å². The van der Waals surface area contributed by atoms with Gasteiger partial charge in [-0.25, -0.2) is 13.5 Å². The topological polar surface area (TPSA) is 72.9 Å². The second-order valence-electron chi connectivity index (χ2n) is 6.50. The fourth-order valence-corrected chi connectivity index (χ4v) is 3.47. The number of aromatic nitrogens is 2. The minimum atomic E-state index is -1.05. The van der Waals surface area contributed by atoms with Crippen LogP contribution in [0.25, 0.3) is 16.6 Å². The molecule has 1 fully saturated rings. The van der Waals surface area contributed by atoms with Crippen molar-refractivity contribution in [1.82, 2.24) is 15.1 Å². The van der Waals surface area contributed by atoms with E-state index >= 15 is 0 Å². The molecule has 7 heteroatoms. The number of fused-ring (bicyclic) bond motifs is 1. The quantitative estimate of drug-likeness (QED) is 0.758. The summed E-state index contributed by atoms with van der Waals surface area (Å²) in [5, 5.41) is 8.20. The Kier molecular flexibility index (Phi) is 4.16. The molecule has 134 valence electrons. The van der Waals surface area contributed by atoms with Gasteiger partial charge in [-0.2, -0.15) is 5.10 Å². The summed E-state index contributed by atoms with van der Waals surface area (Å²) in [5.74, 6) is -1.52. The minimum Gasteiger partial charge on any atom is -0.366 e. The molecule has 1 aromatic heterocycles. The predicted octanol–water partition coefficient (Wildman–Crippen LogP) is 2.68. The molecule has 0 radical (unpaired) electrons. The van der Waals surface area contributed by atoms with E-state index in [2.05, 4.69) is 10.4 Å². The molecular weight excluding hydrogens is 338 g/mol. The number of carbonyl (C=O) groups is 1. The number of hydrogen-bond acceptors (Lipinski definition) is 3. The van der Waals surface area contributed by atoms with Crippen molar-refractivity contribution in [1.29, 1.82) is 0 Å². The maximum Gasteiger partial charge on any atom is 0.250 e. The monoisotopic (exact) mass is 356 g/mol. The van der Waals surface area contributed by atoms with Crippen LogP contribution in [-0.2, 0) is 0 Å². The van der Waals surface area contributed by atoms with E-state index in [9.17, 15) is 13.6 Å². The molecular formula is C19H18F2N4O. The highest BCUT2D eigenvalue weighted by atomic mass is 19.1. The van der Waals surface area contributed by atoms with Crippen LogP contribution in [0.1, 0.15) is 28.3 Å². The van der Waals surface area contributed by atoms with Gasteiger partial charge in [-0.3, -0.25) is 4.79 Å². The summed E-state index contributed by atoms with van der Waals surface area (Å²) in [6.45, 7) is 1.03. The molecule has 5 nitrogen and oxygen atoms in total. The molecule has 26 heavy (non-hydrogen) atoms. The van der Waals surface area contributed by atoms with E-state index in [0.717, 1.165) is 5.39 Å². The van der Waals surface area contributed by atoms with Crippen LogP contribution in [0.3, 0.4) is 0 Å².